The van der Waals surface area contributed by atoms with Crippen molar-refractivity contribution in [3.63, 3.8) is 0 Å². The Labute approximate surface area is 178 Å². The lowest BCUT2D eigenvalue weighted by atomic mass is 9.89. The van der Waals surface area contributed by atoms with Crippen LogP contribution in [0.5, 0.6) is 0 Å². The number of piperidine rings is 2. The number of aliphatic carboxylic acids is 1. The van der Waals surface area contributed by atoms with E-state index in [1.165, 1.54) is 19.3 Å². The maximum absolute atomic E-state index is 10.8. The van der Waals surface area contributed by atoms with Crippen LogP contribution in [0.25, 0.3) is 0 Å². The second-order valence-corrected chi connectivity index (χ2v) is 8.70. The van der Waals surface area contributed by atoms with Crippen LogP contribution < -0.4 is 0 Å². The van der Waals surface area contributed by atoms with E-state index in [9.17, 15) is 4.79 Å². The minimum absolute atomic E-state index is 0.136. The number of carbonyl (C=O) groups is 1. The predicted molar refractivity (Wildman–Crippen MR) is 117 cm³/mol. The summed E-state index contributed by atoms with van der Waals surface area (Å²) < 4.78 is 0. The van der Waals surface area contributed by atoms with Gasteiger partial charge in [0.1, 0.15) is 6.10 Å². The van der Waals surface area contributed by atoms with Gasteiger partial charge in [0.2, 0.25) is 0 Å². The summed E-state index contributed by atoms with van der Waals surface area (Å²) in [5, 5.41) is 20.0. The van der Waals surface area contributed by atoms with E-state index in [2.05, 4.69) is 39.5 Å². The third-order valence-corrected chi connectivity index (χ3v) is 6.34. The van der Waals surface area contributed by atoms with Gasteiger partial charge in [0.25, 0.3) is 0 Å². The highest BCUT2D eigenvalue weighted by Gasteiger charge is 2.28. The van der Waals surface area contributed by atoms with Crippen LogP contribution in [0, 0.1) is 5.92 Å². The number of hydrazone groups is 1. The van der Waals surface area contributed by atoms with Gasteiger partial charge in [-0.1, -0.05) is 29.4 Å². The van der Waals surface area contributed by atoms with Gasteiger partial charge in [-0.2, -0.15) is 5.10 Å². The molecule has 0 radical (unpaired) electrons. The number of likely N-dealkylation sites (tertiary alicyclic amines) is 1. The molecule has 162 valence electrons. The van der Waals surface area contributed by atoms with Gasteiger partial charge in [-0.25, -0.2) is 0 Å². The maximum atomic E-state index is 10.8. The Balaban J connectivity index is 1.22. The number of hydrogen-bond donors (Lipinski definition) is 1. The first kappa shape index (κ1) is 20.8. The van der Waals surface area contributed by atoms with Crippen molar-refractivity contribution in [1.82, 2.24) is 9.91 Å². The first-order chi connectivity index (χ1) is 14.7. The lowest BCUT2D eigenvalue weighted by Crippen LogP contribution is -2.38. The monoisotopic (exact) mass is 412 g/mol. The van der Waals surface area contributed by atoms with Crippen molar-refractivity contribution in [3.8, 4) is 0 Å². The van der Waals surface area contributed by atoms with Crippen LogP contribution in [0.3, 0.4) is 0 Å². The molecule has 3 aliphatic heterocycles. The van der Waals surface area contributed by atoms with Crippen LogP contribution in [-0.4, -0.2) is 71.7 Å². The van der Waals surface area contributed by atoms with Crippen LogP contribution >= 0.6 is 0 Å². The molecule has 7 nitrogen and oxygen atoms in total. The molecule has 0 amide bonds. The molecule has 2 fully saturated rings. The summed E-state index contributed by atoms with van der Waals surface area (Å²) in [5.74, 6) is -0.155. The second kappa shape index (κ2) is 10.1. The van der Waals surface area contributed by atoms with Gasteiger partial charge in [0.15, 0.2) is 0 Å². The third kappa shape index (κ3) is 5.81. The Morgan fingerprint density at radius 3 is 2.57 bits per heavy atom. The third-order valence-electron chi connectivity index (χ3n) is 6.34. The zero-order valence-electron chi connectivity index (χ0n) is 17.6. The van der Waals surface area contributed by atoms with Gasteiger partial charge in [-0.3, -0.25) is 14.7 Å². The summed E-state index contributed by atoms with van der Waals surface area (Å²) in [4.78, 5) is 18.6. The second-order valence-electron chi connectivity index (χ2n) is 8.70. The summed E-state index contributed by atoms with van der Waals surface area (Å²) >= 11 is 0. The van der Waals surface area contributed by atoms with Crippen LogP contribution in [0.1, 0.15) is 56.1 Å². The Morgan fingerprint density at radius 2 is 1.87 bits per heavy atom. The quantitative estimate of drug-likeness (QED) is 0.696. The molecule has 7 heteroatoms. The van der Waals surface area contributed by atoms with E-state index in [1.54, 1.807) is 0 Å². The van der Waals surface area contributed by atoms with Crippen molar-refractivity contribution >= 4 is 17.9 Å². The average Bonchev–Trinajstić information content (AvgIpc) is 3.23. The highest BCUT2D eigenvalue weighted by atomic mass is 16.6. The fraction of sp³-hybridized carbons (Fsp3) is 0.609. The Kier molecular flexibility index (Phi) is 7.00. The smallest absolute Gasteiger partial charge is 0.317 e. The number of carboxylic acids is 1. The minimum atomic E-state index is -0.741. The van der Waals surface area contributed by atoms with Crippen molar-refractivity contribution in [1.29, 1.82) is 0 Å². The molecule has 1 unspecified atom stereocenters. The van der Waals surface area contributed by atoms with Crippen molar-refractivity contribution in [2.75, 3.05) is 32.7 Å². The fourth-order valence-electron chi connectivity index (χ4n) is 4.57. The molecule has 1 aromatic carbocycles. The minimum Gasteiger partial charge on any atom is -0.480 e. The van der Waals surface area contributed by atoms with Crippen molar-refractivity contribution in [2.24, 2.45) is 16.2 Å². The number of oxime groups is 1. The van der Waals surface area contributed by atoms with Crippen LogP contribution in [0.2, 0.25) is 0 Å². The SMILES string of the molecule is O=C(O)CN1CCC(CC2CC(c3ccc(C=NN4CCCCC4)cc3)=NO2)CC1. The van der Waals surface area contributed by atoms with E-state index in [-0.39, 0.29) is 12.6 Å². The molecule has 2 saturated heterocycles. The Hall–Kier alpha value is -2.41. The molecule has 3 heterocycles. The summed E-state index contributed by atoms with van der Waals surface area (Å²) in [6, 6.07) is 8.40. The summed E-state index contributed by atoms with van der Waals surface area (Å²) in [6.07, 6.45) is 9.78. The summed E-state index contributed by atoms with van der Waals surface area (Å²) in [5.41, 5.74) is 3.24. The number of benzene rings is 1. The maximum Gasteiger partial charge on any atom is 0.317 e. The topological polar surface area (TPSA) is 77.7 Å². The largest absolute Gasteiger partial charge is 0.480 e. The van der Waals surface area contributed by atoms with Crippen LogP contribution in [0.4, 0.5) is 0 Å². The van der Waals surface area contributed by atoms with Gasteiger partial charge in [0.05, 0.1) is 18.5 Å². The summed E-state index contributed by atoms with van der Waals surface area (Å²) in [6.45, 7) is 3.99. The number of hydrogen-bond acceptors (Lipinski definition) is 6. The lowest BCUT2D eigenvalue weighted by molar-refractivity contribution is -0.138. The molecule has 4 rings (SSSR count). The van der Waals surface area contributed by atoms with Crippen molar-refractivity contribution in [3.05, 3.63) is 35.4 Å². The lowest BCUT2D eigenvalue weighted by Gasteiger charge is -2.31. The molecule has 3 aliphatic rings. The molecular formula is C23H32N4O3. The molecule has 0 spiro atoms. The van der Waals surface area contributed by atoms with Gasteiger partial charge >= 0.3 is 5.97 Å². The molecule has 1 atom stereocenters. The fourth-order valence-corrected chi connectivity index (χ4v) is 4.57. The Bertz CT molecular complexity index is 763. The van der Waals surface area contributed by atoms with Gasteiger partial charge < -0.3 is 9.94 Å². The van der Waals surface area contributed by atoms with Crippen molar-refractivity contribution in [2.45, 2.75) is 51.0 Å². The van der Waals surface area contributed by atoms with Crippen LogP contribution in [0.15, 0.2) is 34.5 Å². The van der Waals surface area contributed by atoms with E-state index in [1.807, 2.05) is 11.1 Å². The molecule has 0 aromatic heterocycles. The average molecular weight is 413 g/mol. The van der Waals surface area contributed by atoms with E-state index in [0.29, 0.717) is 5.92 Å². The normalized spacial score (nSPS) is 23.5. The number of rotatable bonds is 7. The highest BCUT2D eigenvalue weighted by molar-refractivity contribution is 6.01. The molecule has 0 aliphatic carbocycles. The molecule has 1 aromatic rings. The van der Waals surface area contributed by atoms with E-state index < -0.39 is 5.97 Å². The van der Waals surface area contributed by atoms with Crippen LogP contribution in [-0.2, 0) is 9.63 Å². The zero-order valence-corrected chi connectivity index (χ0v) is 17.6. The van der Waals surface area contributed by atoms with Gasteiger partial charge in [0, 0.05) is 19.5 Å². The number of carboxylic acid groups (broad SMARTS) is 1. The first-order valence-electron chi connectivity index (χ1n) is 11.2. The highest BCUT2D eigenvalue weighted by Crippen LogP contribution is 2.28. The first-order valence-corrected chi connectivity index (χ1v) is 11.2. The molecule has 0 bridgehead atoms. The molecule has 1 N–H and O–H groups in total. The summed E-state index contributed by atoms with van der Waals surface area (Å²) in [7, 11) is 0. The zero-order chi connectivity index (χ0) is 20.8. The standard InChI is InChI=1S/C23H32N4O3/c28-23(29)17-26-12-8-18(9-13-26)14-21-15-22(25-30-21)20-6-4-19(5-7-20)16-24-27-10-2-1-3-11-27/h4-7,16,18,21H,1-3,8-15,17H2,(H,28,29). The number of nitrogens with zero attached hydrogens (tertiary/aromatic N) is 4. The van der Waals surface area contributed by atoms with Crippen molar-refractivity contribution < 1.29 is 14.7 Å². The molecule has 30 heavy (non-hydrogen) atoms. The van der Waals surface area contributed by atoms with Gasteiger partial charge in [-0.15, -0.1) is 0 Å². The predicted octanol–water partition coefficient (Wildman–Crippen LogP) is 3.19. The van der Waals surface area contributed by atoms with Gasteiger partial charge in [-0.05, 0) is 68.7 Å². The molecule has 0 saturated carbocycles. The molecular weight excluding hydrogens is 380 g/mol. The van der Waals surface area contributed by atoms with E-state index >= 15 is 0 Å². The Morgan fingerprint density at radius 1 is 1.13 bits per heavy atom. The van der Waals surface area contributed by atoms with E-state index in [4.69, 9.17) is 9.94 Å². The van der Waals surface area contributed by atoms with E-state index in [0.717, 1.165) is 68.7 Å².